The Morgan fingerprint density at radius 1 is 1.27 bits per heavy atom. The molecule has 2 aliphatic rings. The molecule has 0 aromatic heterocycles. The fourth-order valence-electron chi connectivity index (χ4n) is 0.877. The number of hydrogen-bond donors (Lipinski definition) is 2. The van der Waals surface area contributed by atoms with E-state index in [9.17, 15) is 9.59 Å². The number of Topliss-reactive ketones (excluding diaryl/α,β-unsaturated/α-hetero) is 1. The fourth-order valence-corrected chi connectivity index (χ4v) is 1.53. The summed E-state index contributed by atoms with van der Waals surface area (Å²) in [5.74, 6) is 1.78. The van der Waals surface area contributed by atoms with E-state index in [0.29, 0.717) is 24.4 Å². The summed E-state index contributed by atoms with van der Waals surface area (Å²) in [4.78, 5) is 20.5. The van der Waals surface area contributed by atoms with Gasteiger partial charge in [-0.25, -0.2) is 0 Å². The highest BCUT2D eigenvalue weighted by atomic mass is 32.2. The van der Waals surface area contributed by atoms with Crippen molar-refractivity contribution >= 4 is 23.5 Å². The number of carbonyl (C=O) groups excluding carboxylic acids is 2. The average molecular weight is 226 g/mol. The molecule has 15 heavy (non-hydrogen) atoms. The first kappa shape index (κ1) is 13.8. The van der Waals surface area contributed by atoms with Crippen molar-refractivity contribution < 1.29 is 9.59 Å². The summed E-state index contributed by atoms with van der Waals surface area (Å²) in [6, 6.07) is 0. The molecular weight excluding hydrogens is 212 g/mol. The molecule has 0 saturated carbocycles. The Morgan fingerprint density at radius 3 is 2.07 bits per heavy atom. The molecule has 0 unspecified atom stereocenters. The van der Waals surface area contributed by atoms with Crippen LogP contribution in [0.15, 0.2) is 12.2 Å². The minimum absolute atomic E-state index is 0.153. The zero-order valence-electron chi connectivity index (χ0n) is 8.41. The van der Waals surface area contributed by atoms with E-state index in [-0.39, 0.29) is 11.7 Å². The number of carbonyl (C=O) groups is 2. The molecule has 4 nitrogen and oxygen atoms in total. The SMILES string of the molecule is C#C.C=C1CNCC1=O.O=C1CSCN1. The van der Waals surface area contributed by atoms with Crippen molar-refractivity contribution in [1.29, 1.82) is 0 Å². The van der Waals surface area contributed by atoms with Gasteiger partial charge in [-0.05, 0) is 0 Å². The Labute approximate surface area is 93.9 Å². The standard InChI is InChI=1S/C5H7NO.C3H5NOS.C2H2/c1-4-2-6-3-5(4)7;5-3-1-6-2-4-3;1-2/h6H,1-3H2;1-2H2,(H,4,5);1-2H. The molecule has 2 heterocycles. The van der Waals surface area contributed by atoms with Crippen molar-refractivity contribution in [1.82, 2.24) is 10.6 Å². The van der Waals surface area contributed by atoms with Crippen LogP contribution in [0.2, 0.25) is 0 Å². The van der Waals surface area contributed by atoms with E-state index in [2.05, 4.69) is 30.1 Å². The summed E-state index contributed by atoms with van der Waals surface area (Å²) in [5, 5.41) is 5.52. The number of rotatable bonds is 0. The molecule has 2 rings (SSSR count). The molecule has 0 aromatic rings. The highest BCUT2D eigenvalue weighted by Crippen LogP contribution is 2.01. The second kappa shape index (κ2) is 8.09. The van der Waals surface area contributed by atoms with Gasteiger partial charge in [0.2, 0.25) is 5.91 Å². The number of ketones is 1. The summed E-state index contributed by atoms with van der Waals surface area (Å²) >= 11 is 1.62. The Kier molecular flexibility index (Phi) is 7.42. The summed E-state index contributed by atoms with van der Waals surface area (Å²) in [6.45, 7) is 4.69. The van der Waals surface area contributed by atoms with Gasteiger partial charge < -0.3 is 10.6 Å². The molecule has 0 aliphatic carbocycles. The highest BCUT2D eigenvalue weighted by molar-refractivity contribution is 8.00. The van der Waals surface area contributed by atoms with Gasteiger partial charge in [-0.1, -0.05) is 6.58 Å². The van der Waals surface area contributed by atoms with Crippen LogP contribution in [0.5, 0.6) is 0 Å². The van der Waals surface area contributed by atoms with Gasteiger partial charge >= 0.3 is 0 Å². The largest absolute Gasteiger partial charge is 0.346 e. The van der Waals surface area contributed by atoms with Crippen molar-refractivity contribution in [3.8, 4) is 12.8 Å². The normalized spacial score (nSPS) is 18.4. The van der Waals surface area contributed by atoms with Crippen molar-refractivity contribution in [3.05, 3.63) is 12.2 Å². The van der Waals surface area contributed by atoms with Gasteiger partial charge in [0.05, 0.1) is 18.2 Å². The zero-order valence-corrected chi connectivity index (χ0v) is 9.23. The summed E-state index contributed by atoms with van der Waals surface area (Å²) < 4.78 is 0. The molecule has 0 atom stereocenters. The van der Waals surface area contributed by atoms with E-state index in [1.165, 1.54) is 0 Å². The van der Waals surface area contributed by atoms with Crippen LogP contribution in [-0.2, 0) is 9.59 Å². The van der Waals surface area contributed by atoms with Crippen LogP contribution >= 0.6 is 11.8 Å². The maximum absolute atomic E-state index is 10.4. The Balaban J connectivity index is 0.000000227. The van der Waals surface area contributed by atoms with Crippen molar-refractivity contribution in [2.24, 2.45) is 0 Å². The molecule has 1 amide bonds. The topological polar surface area (TPSA) is 58.2 Å². The third-order valence-electron chi connectivity index (χ3n) is 1.62. The molecule has 0 bridgehead atoms. The van der Waals surface area contributed by atoms with Gasteiger partial charge in [0.25, 0.3) is 0 Å². The molecule has 2 N–H and O–H groups in total. The summed E-state index contributed by atoms with van der Waals surface area (Å²) in [7, 11) is 0. The van der Waals surface area contributed by atoms with Gasteiger partial charge in [-0.15, -0.1) is 24.6 Å². The highest BCUT2D eigenvalue weighted by Gasteiger charge is 2.12. The lowest BCUT2D eigenvalue weighted by molar-refractivity contribution is -0.117. The van der Waals surface area contributed by atoms with E-state index < -0.39 is 0 Å². The van der Waals surface area contributed by atoms with Crippen LogP contribution in [0.3, 0.4) is 0 Å². The van der Waals surface area contributed by atoms with Crippen LogP contribution in [0.25, 0.3) is 0 Å². The second-order valence-corrected chi connectivity index (χ2v) is 3.71. The minimum Gasteiger partial charge on any atom is -0.346 e. The first-order valence-corrected chi connectivity index (χ1v) is 5.45. The van der Waals surface area contributed by atoms with Crippen LogP contribution in [0, 0.1) is 12.8 Å². The maximum atomic E-state index is 10.4. The smallest absolute Gasteiger partial charge is 0.230 e. The van der Waals surface area contributed by atoms with Crippen molar-refractivity contribution in [3.63, 3.8) is 0 Å². The van der Waals surface area contributed by atoms with Gasteiger partial charge in [-0.2, -0.15) is 0 Å². The quantitative estimate of drug-likeness (QED) is 0.442. The summed E-state index contributed by atoms with van der Waals surface area (Å²) in [5.41, 5.74) is 0.708. The number of terminal acetylenes is 1. The molecule has 2 aliphatic heterocycles. The summed E-state index contributed by atoms with van der Waals surface area (Å²) in [6.07, 6.45) is 8.00. The van der Waals surface area contributed by atoms with Gasteiger partial charge in [0.1, 0.15) is 0 Å². The van der Waals surface area contributed by atoms with Crippen molar-refractivity contribution in [2.75, 3.05) is 24.7 Å². The average Bonchev–Trinajstić information content (AvgIpc) is 2.84. The molecule has 0 aromatic carbocycles. The van der Waals surface area contributed by atoms with E-state index in [1.807, 2.05) is 0 Å². The Morgan fingerprint density at radius 2 is 1.93 bits per heavy atom. The van der Waals surface area contributed by atoms with E-state index >= 15 is 0 Å². The van der Waals surface area contributed by atoms with E-state index in [0.717, 1.165) is 5.88 Å². The molecule has 5 heteroatoms. The number of thioether (sulfide) groups is 1. The van der Waals surface area contributed by atoms with Crippen LogP contribution < -0.4 is 10.6 Å². The molecule has 0 radical (unpaired) electrons. The van der Waals surface area contributed by atoms with Crippen molar-refractivity contribution in [2.45, 2.75) is 0 Å². The number of hydrogen-bond acceptors (Lipinski definition) is 4. The third kappa shape index (κ3) is 5.94. The third-order valence-corrected chi connectivity index (χ3v) is 2.44. The monoisotopic (exact) mass is 226 g/mol. The molecule has 2 fully saturated rings. The fraction of sp³-hybridized carbons (Fsp3) is 0.400. The molecule has 0 spiro atoms. The molecular formula is C10H14N2O2S. The van der Waals surface area contributed by atoms with Gasteiger partial charge in [0.15, 0.2) is 5.78 Å². The van der Waals surface area contributed by atoms with Gasteiger partial charge in [0, 0.05) is 12.1 Å². The number of nitrogens with one attached hydrogen (secondary N) is 2. The number of amides is 1. The van der Waals surface area contributed by atoms with E-state index in [1.54, 1.807) is 11.8 Å². The Hall–Kier alpha value is -1.25. The first-order valence-electron chi connectivity index (χ1n) is 4.29. The first-order chi connectivity index (χ1) is 7.20. The molecule has 2 saturated heterocycles. The lowest BCUT2D eigenvalue weighted by Crippen LogP contribution is -2.14. The second-order valence-electron chi connectivity index (χ2n) is 2.72. The Bertz CT molecular complexity index is 252. The maximum Gasteiger partial charge on any atom is 0.230 e. The zero-order chi connectivity index (χ0) is 11.7. The predicted molar refractivity (Wildman–Crippen MR) is 62.4 cm³/mol. The predicted octanol–water partition coefficient (Wildman–Crippen LogP) is -0.229. The minimum atomic E-state index is 0.153. The van der Waals surface area contributed by atoms with Crippen LogP contribution in [-0.4, -0.2) is 36.4 Å². The van der Waals surface area contributed by atoms with Gasteiger partial charge in [-0.3, -0.25) is 9.59 Å². The van der Waals surface area contributed by atoms with Crippen LogP contribution in [0.1, 0.15) is 0 Å². The van der Waals surface area contributed by atoms with E-state index in [4.69, 9.17) is 0 Å². The molecule has 82 valence electrons. The lowest BCUT2D eigenvalue weighted by atomic mass is 10.3. The van der Waals surface area contributed by atoms with Crippen LogP contribution in [0.4, 0.5) is 0 Å². The lowest BCUT2D eigenvalue weighted by Gasteiger charge is -1.79.